The van der Waals surface area contributed by atoms with Crippen molar-refractivity contribution in [3.8, 4) is 0 Å². The van der Waals surface area contributed by atoms with Crippen LogP contribution in [0.25, 0.3) is 0 Å². The molecule has 1 saturated heterocycles. The lowest BCUT2D eigenvalue weighted by atomic mass is 10.1. The van der Waals surface area contributed by atoms with Crippen molar-refractivity contribution in [1.82, 2.24) is 30.1 Å². The summed E-state index contributed by atoms with van der Waals surface area (Å²) in [6.45, 7) is 4.70. The van der Waals surface area contributed by atoms with Crippen LogP contribution in [-0.4, -0.2) is 74.3 Å². The van der Waals surface area contributed by atoms with Crippen molar-refractivity contribution in [1.29, 1.82) is 0 Å². The predicted octanol–water partition coefficient (Wildman–Crippen LogP) is -0.506. The summed E-state index contributed by atoms with van der Waals surface area (Å²) in [6, 6.07) is 0. The topological polar surface area (TPSA) is 123 Å². The van der Waals surface area contributed by atoms with Gasteiger partial charge in [-0.15, -0.1) is 10.2 Å². The van der Waals surface area contributed by atoms with Gasteiger partial charge in [-0.25, -0.2) is 13.1 Å². The number of rotatable bonds is 10. The van der Waals surface area contributed by atoms with Gasteiger partial charge in [0.05, 0.1) is 11.9 Å². The predicted molar refractivity (Wildman–Crippen MR) is 104 cm³/mol. The van der Waals surface area contributed by atoms with Crippen LogP contribution in [0.5, 0.6) is 0 Å². The summed E-state index contributed by atoms with van der Waals surface area (Å²) in [5.74, 6) is 1.47. The fourth-order valence-electron chi connectivity index (χ4n) is 2.82. The molecule has 2 heterocycles. The SMILES string of the molecule is CCc1nncn1CCNC(=NC)NCCS(=O)(=O)NCC1CCCCO1. The van der Waals surface area contributed by atoms with Crippen molar-refractivity contribution in [3.05, 3.63) is 12.2 Å². The first kappa shape index (κ1) is 21.6. The fraction of sp³-hybridized carbons (Fsp3) is 0.812. The second-order valence-electron chi connectivity index (χ2n) is 6.38. The molecule has 0 aromatic carbocycles. The van der Waals surface area contributed by atoms with Gasteiger partial charge in [-0.2, -0.15) is 0 Å². The molecule has 0 bridgehead atoms. The Labute approximate surface area is 161 Å². The molecule has 1 atom stereocenters. The van der Waals surface area contributed by atoms with E-state index in [4.69, 9.17) is 4.74 Å². The van der Waals surface area contributed by atoms with Crippen LogP contribution < -0.4 is 15.4 Å². The van der Waals surface area contributed by atoms with Crippen molar-refractivity contribution >= 4 is 16.0 Å². The molecule has 1 fully saturated rings. The van der Waals surface area contributed by atoms with Crippen LogP contribution >= 0.6 is 0 Å². The largest absolute Gasteiger partial charge is 0.377 e. The highest BCUT2D eigenvalue weighted by molar-refractivity contribution is 7.89. The maximum absolute atomic E-state index is 12.1. The lowest BCUT2D eigenvalue weighted by molar-refractivity contribution is 0.0200. The Morgan fingerprint density at radius 3 is 2.89 bits per heavy atom. The van der Waals surface area contributed by atoms with Crippen molar-refractivity contribution in [2.75, 3.05) is 39.0 Å². The summed E-state index contributed by atoms with van der Waals surface area (Å²) >= 11 is 0. The van der Waals surface area contributed by atoms with Crippen molar-refractivity contribution in [2.45, 2.75) is 45.3 Å². The molecular weight excluding hydrogens is 370 g/mol. The number of sulfonamides is 1. The summed E-state index contributed by atoms with van der Waals surface area (Å²) in [7, 11) is -1.69. The van der Waals surface area contributed by atoms with Gasteiger partial charge in [0.15, 0.2) is 5.96 Å². The van der Waals surface area contributed by atoms with E-state index in [2.05, 4.69) is 30.5 Å². The number of hydrogen-bond acceptors (Lipinski definition) is 6. The molecular formula is C16H31N7O3S. The van der Waals surface area contributed by atoms with E-state index in [1.165, 1.54) is 0 Å². The zero-order valence-corrected chi connectivity index (χ0v) is 17.0. The number of aryl methyl sites for hydroxylation is 1. The van der Waals surface area contributed by atoms with E-state index in [1.54, 1.807) is 13.4 Å². The van der Waals surface area contributed by atoms with E-state index in [9.17, 15) is 8.42 Å². The van der Waals surface area contributed by atoms with Gasteiger partial charge in [0, 0.05) is 46.3 Å². The van der Waals surface area contributed by atoms with Crippen molar-refractivity contribution in [3.63, 3.8) is 0 Å². The molecule has 2 rings (SSSR count). The molecule has 1 aromatic heterocycles. The minimum Gasteiger partial charge on any atom is -0.377 e. The molecule has 0 aliphatic carbocycles. The fourth-order valence-corrected chi connectivity index (χ4v) is 3.77. The highest BCUT2D eigenvalue weighted by atomic mass is 32.2. The average molecular weight is 402 g/mol. The Bertz CT molecular complexity index is 684. The van der Waals surface area contributed by atoms with Gasteiger partial charge in [-0.1, -0.05) is 6.92 Å². The first-order chi connectivity index (χ1) is 13.0. The number of ether oxygens (including phenoxy) is 1. The van der Waals surface area contributed by atoms with Crippen LogP contribution in [-0.2, 0) is 27.7 Å². The van der Waals surface area contributed by atoms with E-state index >= 15 is 0 Å². The van der Waals surface area contributed by atoms with Gasteiger partial charge in [-0.05, 0) is 19.3 Å². The molecule has 1 aliphatic heterocycles. The number of aliphatic imine (C=N–C) groups is 1. The van der Waals surface area contributed by atoms with Crippen LogP contribution in [0.15, 0.2) is 11.3 Å². The number of guanidine groups is 1. The number of hydrogen-bond donors (Lipinski definition) is 3. The molecule has 0 spiro atoms. The third-order valence-electron chi connectivity index (χ3n) is 4.35. The van der Waals surface area contributed by atoms with E-state index < -0.39 is 10.0 Å². The van der Waals surface area contributed by atoms with Crippen LogP contribution in [0.3, 0.4) is 0 Å². The van der Waals surface area contributed by atoms with E-state index in [0.29, 0.717) is 32.2 Å². The standard InChI is InChI=1S/C16H31N7O3S/c1-3-15-22-20-13-23(15)9-7-18-16(17-2)19-8-11-27(24,25)21-12-14-6-4-5-10-26-14/h13-14,21H,3-12H2,1-2H3,(H2,17,18,19). The van der Waals surface area contributed by atoms with Gasteiger partial charge in [0.25, 0.3) is 0 Å². The second kappa shape index (κ2) is 11.2. The average Bonchev–Trinajstić information content (AvgIpc) is 3.13. The zero-order valence-electron chi connectivity index (χ0n) is 16.1. The summed E-state index contributed by atoms with van der Waals surface area (Å²) in [4.78, 5) is 4.11. The maximum Gasteiger partial charge on any atom is 0.213 e. The molecule has 0 amide bonds. The highest BCUT2D eigenvalue weighted by Crippen LogP contribution is 2.11. The first-order valence-electron chi connectivity index (χ1n) is 9.44. The van der Waals surface area contributed by atoms with Crippen LogP contribution in [0, 0.1) is 0 Å². The summed E-state index contributed by atoms with van der Waals surface area (Å²) in [5.41, 5.74) is 0. The quantitative estimate of drug-likeness (QED) is 0.357. The number of nitrogens with zero attached hydrogens (tertiary/aromatic N) is 4. The molecule has 27 heavy (non-hydrogen) atoms. The Balaban J connectivity index is 1.64. The highest BCUT2D eigenvalue weighted by Gasteiger charge is 2.17. The normalized spacial score (nSPS) is 18.4. The maximum atomic E-state index is 12.1. The Kier molecular flexibility index (Phi) is 8.95. The molecule has 1 unspecified atom stereocenters. The Hall–Kier alpha value is -1.72. The molecule has 1 aromatic rings. The van der Waals surface area contributed by atoms with Crippen molar-refractivity contribution in [2.24, 2.45) is 4.99 Å². The summed E-state index contributed by atoms with van der Waals surface area (Å²) in [5, 5.41) is 14.1. The first-order valence-corrected chi connectivity index (χ1v) is 11.1. The van der Waals surface area contributed by atoms with Gasteiger partial charge in [-0.3, -0.25) is 4.99 Å². The lowest BCUT2D eigenvalue weighted by Crippen LogP contribution is -2.43. The molecule has 0 saturated carbocycles. The summed E-state index contributed by atoms with van der Waals surface area (Å²) in [6.07, 6.45) is 5.56. The van der Waals surface area contributed by atoms with Gasteiger partial charge < -0.3 is 19.9 Å². The minimum atomic E-state index is -3.35. The molecule has 0 radical (unpaired) electrons. The number of aromatic nitrogens is 3. The lowest BCUT2D eigenvalue weighted by Gasteiger charge is -2.22. The van der Waals surface area contributed by atoms with E-state index in [-0.39, 0.29) is 18.4 Å². The monoisotopic (exact) mass is 401 g/mol. The molecule has 1 aliphatic rings. The Morgan fingerprint density at radius 1 is 1.37 bits per heavy atom. The van der Waals surface area contributed by atoms with E-state index in [0.717, 1.165) is 31.5 Å². The van der Waals surface area contributed by atoms with Crippen LogP contribution in [0.4, 0.5) is 0 Å². The Morgan fingerprint density at radius 2 is 2.19 bits per heavy atom. The number of nitrogens with one attached hydrogen (secondary N) is 3. The third kappa shape index (κ3) is 7.81. The molecule has 154 valence electrons. The molecule has 11 heteroatoms. The zero-order chi connectivity index (χ0) is 19.5. The molecule has 3 N–H and O–H groups in total. The second-order valence-corrected chi connectivity index (χ2v) is 8.30. The van der Waals surface area contributed by atoms with Gasteiger partial charge in [0.2, 0.25) is 10.0 Å². The van der Waals surface area contributed by atoms with Gasteiger partial charge >= 0.3 is 0 Å². The summed E-state index contributed by atoms with van der Waals surface area (Å²) < 4.78 is 34.3. The van der Waals surface area contributed by atoms with Crippen LogP contribution in [0.2, 0.25) is 0 Å². The van der Waals surface area contributed by atoms with Crippen molar-refractivity contribution < 1.29 is 13.2 Å². The minimum absolute atomic E-state index is 0.0124. The molecule has 10 nitrogen and oxygen atoms in total. The third-order valence-corrected chi connectivity index (χ3v) is 5.70. The van der Waals surface area contributed by atoms with Gasteiger partial charge in [0.1, 0.15) is 12.2 Å². The van der Waals surface area contributed by atoms with Crippen LogP contribution in [0.1, 0.15) is 32.0 Å². The van der Waals surface area contributed by atoms with E-state index in [1.807, 2.05) is 11.5 Å². The smallest absolute Gasteiger partial charge is 0.213 e.